The molecule has 1 aromatic rings. The molecular formula is C13H13NO4. The van der Waals surface area contributed by atoms with E-state index in [0.29, 0.717) is 24.0 Å². The first-order chi connectivity index (χ1) is 8.54. The third-order valence-electron chi connectivity index (χ3n) is 3.80. The van der Waals surface area contributed by atoms with Crippen molar-refractivity contribution in [1.82, 2.24) is 4.90 Å². The number of benzene rings is 1. The molecule has 2 amide bonds. The van der Waals surface area contributed by atoms with Crippen LogP contribution in [0.1, 0.15) is 44.7 Å². The maximum absolute atomic E-state index is 11.9. The number of amides is 2. The second-order valence-corrected chi connectivity index (χ2v) is 4.78. The quantitative estimate of drug-likeness (QED) is 0.533. The highest BCUT2D eigenvalue weighted by Gasteiger charge is 2.41. The zero-order chi connectivity index (χ0) is 13.0. The predicted octanol–water partition coefficient (Wildman–Crippen LogP) is 1.20. The van der Waals surface area contributed by atoms with Crippen LogP contribution in [0.25, 0.3) is 0 Å². The zero-order valence-corrected chi connectivity index (χ0v) is 9.99. The minimum Gasteiger partial charge on any atom is -0.507 e. The number of nitrogens with zero attached hydrogens (tertiary/aromatic N) is 1. The number of imide groups is 1. The van der Waals surface area contributed by atoms with Gasteiger partial charge in [0.15, 0.2) is 0 Å². The van der Waals surface area contributed by atoms with Gasteiger partial charge in [0.05, 0.1) is 11.1 Å². The van der Waals surface area contributed by atoms with Crippen LogP contribution in [0.15, 0.2) is 0 Å². The lowest BCUT2D eigenvalue weighted by Gasteiger charge is -2.20. The van der Waals surface area contributed by atoms with Crippen molar-refractivity contribution < 1.29 is 19.8 Å². The Balaban J connectivity index is 2.37. The lowest BCUT2D eigenvalue weighted by molar-refractivity contribution is 0.0691. The van der Waals surface area contributed by atoms with E-state index in [0.717, 1.165) is 17.7 Å². The molecule has 1 aromatic carbocycles. The molecule has 0 radical (unpaired) electrons. The van der Waals surface area contributed by atoms with E-state index in [-0.39, 0.29) is 22.6 Å². The number of carbonyl (C=O) groups excluding carboxylic acids is 2. The molecule has 5 heteroatoms. The molecular weight excluding hydrogens is 234 g/mol. The summed E-state index contributed by atoms with van der Waals surface area (Å²) in [5, 5.41) is 20.4. The number of phenolic OH excluding ortho intramolecular Hbond substituents is 2. The molecule has 0 bridgehead atoms. The molecule has 2 aliphatic rings. The van der Waals surface area contributed by atoms with Gasteiger partial charge in [0.2, 0.25) is 0 Å². The van der Waals surface area contributed by atoms with Gasteiger partial charge in [-0.05, 0) is 25.7 Å². The third kappa shape index (κ3) is 1.16. The Kier molecular flexibility index (Phi) is 2.14. The van der Waals surface area contributed by atoms with Crippen LogP contribution in [-0.2, 0) is 12.8 Å². The number of phenols is 2. The predicted molar refractivity (Wildman–Crippen MR) is 62.8 cm³/mol. The first-order valence-corrected chi connectivity index (χ1v) is 5.96. The van der Waals surface area contributed by atoms with Crippen LogP contribution in [0.3, 0.4) is 0 Å². The van der Waals surface area contributed by atoms with Crippen LogP contribution >= 0.6 is 0 Å². The van der Waals surface area contributed by atoms with Gasteiger partial charge in [0.25, 0.3) is 11.8 Å². The van der Waals surface area contributed by atoms with Crippen LogP contribution in [0.2, 0.25) is 0 Å². The van der Waals surface area contributed by atoms with Gasteiger partial charge in [-0.25, -0.2) is 0 Å². The molecule has 94 valence electrons. The first kappa shape index (κ1) is 11.1. The molecule has 1 aliphatic heterocycles. The fourth-order valence-corrected chi connectivity index (χ4v) is 2.81. The van der Waals surface area contributed by atoms with Crippen molar-refractivity contribution in [2.45, 2.75) is 25.7 Å². The molecule has 5 nitrogen and oxygen atoms in total. The monoisotopic (exact) mass is 247 g/mol. The van der Waals surface area contributed by atoms with E-state index in [1.54, 1.807) is 0 Å². The molecule has 0 unspecified atom stereocenters. The van der Waals surface area contributed by atoms with E-state index in [1.165, 1.54) is 7.05 Å². The van der Waals surface area contributed by atoms with Crippen LogP contribution in [0, 0.1) is 0 Å². The molecule has 18 heavy (non-hydrogen) atoms. The zero-order valence-electron chi connectivity index (χ0n) is 9.99. The normalized spacial score (nSPS) is 17.9. The lowest BCUT2D eigenvalue weighted by Crippen LogP contribution is -2.24. The summed E-state index contributed by atoms with van der Waals surface area (Å²) < 4.78 is 0. The molecule has 0 saturated heterocycles. The first-order valence-electron chi connectivity index (χ1n) is 5.96. The third-order valence-corrected chi connectivity index (χ3v) is 3.80. The van der Waals surface area contributed by atoms with Crippen molar-refractivity contribution in [3.63, 3.8) is 0 Å². The molecule has 1 aliphatic carbocycles. The van der Waals surface area contributed by atoms with E-state index >= 15 is 0 Å². The van der Waals surface area contributed by atoms with E-state index in [2.05, 4.69) is 0 Å². The summed E-state index contributed by atoms with van der Waals surface area (Å²) in [6.45, 7) is 0. The molecule has 0 atom stereocenters. The fourth-order valence-electron chi connectivity index (χ4n) is 2.81. The van der Waals surface area contributed by atoms with Gasteiger partial charge in [0, 0.05) is 18.2 Å². The van der Waals surface area contributed by atoms with Crippen LogP contribution < -0.4 is 0 Å². The number of hydrogen-bond acceptors (Lipinski definition) is 4. The van der Waals surface area contributed by atoms with Crippen LogP contribution in [0.4, 0.5) is 0 Å². The summed E-state index contributed by atoms with van der Waals surface area (Å²) in [5.41, 5.74) is 1.16. The summed E-state index contributed by atoms with van der Waals surface area (Å²) in [5.74, 6) is -1.34. The Labute approximate surface area is 104 Å². The van der Waals surface area contributed by atoms with Crippen molar-refractivity contribution in [1.29, 1.82) is 0 Å². The van der Waals surface area contributed by atoms with Crippen molar-refractivity contribution in [2.75, 3.05) is 7.05 Å². The molecule has 2 N–H and O–H groups in total. The molecule has 0 aromatic heterocycles. The topological polar surface area (TPSA) is 77.8 Å². The molecule has 0 spiro atoms. The minimum atomic E-state index is -0.545. The highest BCUT2D eigenvalue weighted by molar-refractivity contribution is 6.24. The van der Waals surface area contributed by atoms with Gasteiger partial charge in [-0.3, -0.25) is 14.5 Å². The SMILES string of the molecule is CN1C(=O)c2c(O)c3c(c(O)c2C1=O)CCCC3. The maximum atomic E-state index is 11.9. The number of fused-ring (bicyclic) bond motifs is 2. The Hall–Kier alpha value is -2.04. The average Bonchev–Trinajstić information content (AvgIpc) is 2.61. The second-order valence-electron chi connectivity index (χ2n) is 4.78. The number of carbonyl (C=O) groups is 2. The molecule has 1 heterocycles. The highest BCUT2D eigenvalue weighted by atomic mass is 16.3. The van der Waals surface area contributed by atoms with Gasteiger partial charge < -0.3 is 10.2 Å². The minimum absolute atomic E-state index is 0.0411. The van der Waals surface area contributed by atoms with Crippen molar-refractivity contribution in [3.05, 3.63) is 22.3 Å². The van der Waals surface area contributed by atoms with E-state index in [9.17, 15) is 19.8 Å². The number of rotatable bonds is 0. The van der Waals surface area contributed by atoms with Crippen molar-refractivity contribution in [2.24, 2.45) is 0 Å². The Bertz CT molecular complexity index is 540. The van der Waals surface area contributed by atoms with Crippen molar-refractivity contribution >= 4 is 11.8 Å². The second kappa shape index (κ2) is 3.48. The van der Waals surface area contributed by atoms with E-state index < -0.39 is 11.8 Å². The van der Waals surface area contributed by atoms with E-state index in [1.807, 2.05) is 0 Å². The number of hydrogen-bond donors (Lipinski definition) is 2. The highest BCUT2D eigenvalue weighted by Crippen LogP contribution is 2.44. The summed E-state index contributed by atoms with van der Waals surface area (Å²) in [6, 6.07) is 0. The average molecular weight is 247 g/mol. The largest absolute Gasteiger partial charge is 0.507 e. The van der Waals surface area contributed by atoms with Gasteiger partial charge in [0.1, 0.15) is 11.5 Å². The summed E-state index contributed by atoms with van der Waals surface area (Å²) in [6.07, 6.45) is 3.09. The van der Waals surface area contributed by atoms with Gasteiger partial charge >= 0.3 is 0 Å². The summed E-state index contributed by atoms with van der Waals surface area (Å²) >= 11 is 0. The smallest absolute Gasteiger partial charge is 0.265 e. The standard InChI is InChI=1S/C13H13NO4/c1-14-12(17)8-9(13(14)18)11(16)7-5-3-2-4-6(7)10(8)15/h15-16H,2-5H2,1H3. The van der Waals surface area contributed by atoms with Gasteiger partial charge in [-0.15, -0.1) is 0 Å². The Morgan fingerprint density at radius 3 is 1.67 bits per heavy atom. The van der Waals surface area contributed by atoms with Crippen molar-refractivity contribution in [3.8, 4) is 11.5 Å². The van der Waals surface area contributed by atoms with Crippen LogP contribution in [0.5, 0.6) is 11.5 Å². The molecule has 0 saturated carbocycles. The molecule has 0 fully saturated rings. The maximum Gasteiger partial charge on any atom is 0.265 e. The summed E-state index contributed by atoms with van der Waals surface area (Å²) in [7, 11) is 1.35. The Morgan fingerprint density at radius 2 is 1.28 bits per heavy atom. The summed E-state index contributed by atoms with van der Waals surface area (Å²) in [4.78, 5) is 24.7. The lowest BCUT2D eigenvalue weighted by atomic mass is 9.86. The number of aromatic hydroxyl groups is 2. The Morgan fingerprint density at radius 1 is 0.889 bits per heavy atom. The van der Waals surface area contributed by atoms with E-state index in [4.69, 9.17) is 0 Å². The fraction of sp³-hybridized carbons (Fsp3) is 0.385. The molecule has 3 rings (SSSR count). The van der Waals surface area contributed by atoms with Gasteiger partial charge in [-0.1, -0.05) is 0 Å². The van der Waals surface area contributed by atoms with Crippen LogP contribution in [-0.4, -0.2) is 34.0 Å². The van der Waals surface area contributed by atoms with Gasteiger partial charge in [-0.2, -0.15) is 0 Å².